The van der Waals surface area contributed by atoms with E-state index in [4.69, 9.17) is 39.9 Å². The number of halogens is 3. The van der Waals surface area contributed by atoms with Gasteiger partial charge in [0.25, 0.3) is 0 Å². The molecule has 0 rings (SSSR count). The Hall–Kier alpha value is 1.54. The van der Waals surface area contributed by atoms with Gasteiger partial charge in [-0.05, 0) is 12.8 Å². The minimum Gasteiger partial charge on any atom is -0.395 e. The zero-order valence-corrected chi connectivity index (χ0v) is 9.89. The van der Waals surface area contributed by atoms with E-state index in [0.29, 0.717) is 5.88 Å². The van der Waals surface area contributed by atoms with Gasteiger partial charge in [-0.2, -0.15) is 0 Å². The van der Waals surface area contributed by atoms with Crippen molar-refractivity contribution in [3.05, 3.63) is 0 Å². The maximum atomic E-state index is 8.56. The van der Waals surface area contributed by atoms with E-state index >= 15 is 0 Å². The first-order chi connectivity index (χ1) is 4.72. The van der Waals surface area contributed by atoms with Crippen molar-refractivity contribution in [1.82, 2.24) is 0 Å². The molecular weight excluding hydrogens is 242 g/mol. The van der Waals surface area contributed by atoms with Crippen molar-refractivity contribution in [3.63, 3.8) is 0 Å². The van der Waals surface area contributed by atoms with Crippen LogP contribution in [0, 0.1) is 0 Å². The summed E-state index contributed by atoms with van der Waals surface area (Å²) in [6.07, 6.45) is 1.61. The SMILES string of the molecule is OCC(Cl)C(Cl)CCCCl.[Ti]. The topological polar surface area (TPSA) is 20.2 Å². The number of hydrogen-bond donors (Lipinski definition) is 1. The number of aliphatic hydroxyl groups excluding tert-OH is 1. The van der Waals surface area contributed by atoms with Gasteiger partial charge in [0, 0.05) is 27.6 Å². The van der Waals surface area contributed by atoms with Gasteiger partial charge in [-0.3, -0.25) is 0 Å². The third kappa shape index (κ3) is 7.89. The maximum absolute atomic E-state index is 8.56. The quantitative estimate of drug-likeness (QED) is 0.588. The van der Waals surface area contributed by atoms with Crippen LogP contribution in [0.15, 0.2) is 0 Å². The Balaban J connectivity index is 0. The Bertz CT molecular complexity index is 84.2. The van der Waals surface area contributed by atoms with Gasteiger partial charge in [0.15, 0.2) is 0 Å². The van der Waals surface area contributed by atoms with Crippen LogP contribution in [0.4, 0.5) is 0 Å². The molecule has 0 saturated heterocycles. The van der Waals surface area contributed by atoms with E-state index in [1.54, 1.807) is 0 Å². The van der Waals surface area contributed by atoms with Crippen LogP contribution in [0.1, 0.15) is 12.8 Å². The van der Waals surface area contributed by atoms with Crippen LogP contribution < -0.4 is 0 Å². The van der Waals surface area contributed by atoms with Gasteiger partial charge < -0.3 is 5.11 Å². The van der Waals surface area contributed by atoms with Gasteiger partial charge in [0.2, 0.25) is 0 Å². The average molecular weight is 253 g/mol. The summed E-state index contributed by atoms with van der Waals surface area (Å²) >= 11 is 16.8. The average Bonchev–Trinajstić information content (AvgIpc) is 1.98. The Morgan fingerprint density at radius 1 is 1.18 bits per heavy atom. The van der Waals surface area contributed by atoms with Crippen molar-refractivity contribution < 1.29 is 26.8 Å². The van der Waals surface area contributed by atoms with Gasteiger partial charge in [-0.15, -0.1) is 34.8 Å². The number of hydrogen-bond acceptors (Lipinski definition) is 1. The molecule has 0 aliphatic rings. The van der Waals surface area contributed by atoms with Gasteiger partial charge in [-0.25, -0.2) is 0 Å². The van der Waals surface area contributed by atoms with Crippen molar-refractivity contribution in [3.8, 4) is 0 Å². The molecule has 1 nitrogen and oxygen atoms in total. The fourth-order valence-corrected chi connectivity index (χ4v) is 1.08. The monoisotopic (exact) mass is 252 g/mol. The van der Waals surface area contributed by atoms with Gasteiger partial charge in [0.1, 0.15) is 0 Å². The Morgan fingerprint density at radius 2 is 1.73 bits per heavy atom. The van der Waals surface area contributed by atoms with Gasteiger partial charge in [0.05, 0.1) is 17.4 Å². The molecule has 0 aromatic heterocycles. The summed E-state index contributed by atoms with van der Waals surface area (Å²) < 4.78 is 0. The Labute approximate surface area is 97.3 Å². The predicted molar refractivity (Wildman–Crippen MR) is 46.3 cm³/mol. The van der Waals surface area contributed by atoms with Crippen LogP contribution in [0.5, 0.6) is 0 Å². The predicted octanol–water partition coefficient (Wildman–Crippen LogP) is 2.21. The summed E-state index contributed by atoms with van der Waals surface area (Å²) in [7, 11) is 0. The third-order valence-electron chi connectivity index (χ3n) is 1.18. The molecule has 5 heteroatoms. The molecule has 1 N–H and O–H groups in total. The van der Waals surface area contributed by atoms with E-state index in [0.717, 1.165) is 12.8 Å². The minimum atomic E-state index is -0.343. The van der Waals surface area contributed by atoms with E-state index < -0.39 is 0 Å². The van der Waals surface area contributed by atoms with Gasteiger partial charge >= 0.3 is 0 Å². The largest absolute Gasteiger partial charge is 0.395 e. The molecule has 0 amide bonds. The molecule has 0 aliphatic heterocycles. The van der Waals surface area contributed by atoms with Crippen LogP contribution in [0.25, 0.3) is 0 Å². The Morgan fingerprint density at radius 3 is 2.09 bits per heavy atom. The molecule has 11 heavy (non-hydrogen) atoms. The normalized spacial score (nSPS) is 15.3. The third-order valence-corrected chi connectivity index (χ3v) is 2.54. The van der Waals surface area contributed by atoms with E-state index in [1.807, 2.05) is 0 Å². The summed E-state index contributed by atoms with van der Waals surface area (Å²) in [5.74, 6) is 0.595. The maximum Gasteiger partial charge on any atom is 0.0730 e. The van der Waals surface area contributed by atoms with Crippen LogP contribution in [-0.4, -0.2) is 28.3 Å². The smallest absolute Gasteiger partial charge is 0.0730 e. The molecule has 2 unspecified atom stereocenters. The number of aliphatic hydroxyl groups is 1. The van der Waals surface area contributed by atoms with E-state index in [1.165, 1.54) is 0 Å². The van der Waals surface area contributed by atoms with Crippen LogP contribution >= 0.6 is 34.8 Å². The summed E-state index contributed by atoms with van der Waals surface area (Å²) in [5, 5.41) is 8.05. The van der Waals surface area contributed by atoms with Crippen molar-refractivity contribution >= 4 is 34.8 Å². The molecule has 0 aromatic carbocycles. The molecule has 0 aromatic rings. The second kappa shape index (κ2) is 9.63. The van der Waals surface area contributed by atoms with Crippen LogP contribution in [0.3, 0.4) is 0 Å². The molecule has 2 atom stereocenters. The van der Waals surface area contributed by atoms with Crippen LogP contribution in [0.2, 0.25) is 0 Å². The fraction of sp³-hybridized carbons (Fsp3) is 1.00. The summed E-state index contributed by atoms with van der Waals surface area (Å²) in [5.41, 5.74) is 0. The van der Waals surface area contributed by atoms with Crippen molar-refractivity contribution in [2.24, 2.45) is 0 Å². The molecule has 0 heterocycles. The molecule has 0 bridgehead atoms. The van der Waals surface area contributed by atoms with Crippen molar-refractivity contribution in [2.75, 3.05) is 12.5 Å². The van der Waals surface area contributed by atoms with Crippen molar-refractivity contribution in [1.29, 1.82) is 0 Å². The standard InChI is InChI=1S/C6H11Cl3O.Ti/c7-3-1-2-5(8)6(9)4-10;/h5-6,10H,1-4H2;. The molecule has 0 fully saturated rings. The van der Waals surface area contributed by atoms with Crippen LogP contribution in [-0.2, 0) is 21.7 Å². The number of alkyl halides is 3. The van der Waals surface area contributed by atoms with E-state index in [9.17, 15) is 0 Å². The zero-order chi connectivity index (χ0) is 7.98. The molecule has 0 spiro atoms. The zero-order valence-electron chi connectivity index (χ0n) is 6.06. The van der Waals surface area contributed by atoms with Crippen molar-refractivity contribution in [2.45, 2.75) is 23.6 Å². The molecular formula is C6H11Cl3OTi. The summed E-state index contributed by atoms with van der Waals surface area (Å²) in [4.78, 5) is 0. The minimum absolute atomic E-state index is 0. The second-order valence-electron chi connectivity index (χ2n) is 2.05. The first-order valence-corrected chi connectivity index (χ1v) is 4.58. The fourth-order valence-electron chi connectivity index (χ4n) is 0.567. The molecule has 66 valence electrons. The molecule has 0 saturated carbocycles. The Kier molecular flexibility index (Phi) is 13.2. The first-order valence-electron chi connectivity index (χ1n) is 3.17. The van der Waals surface area contributed by atoms with E-state index in [-0.39, 0.29) is 39.1 Å². The summed E-state index contributed by atoms with van der Waals surface area (Å²) in [6, 6.07) is 0. The second-order valence-corrected chi connectivity index (χ2v) is 3.54. The summed E-state index contributed by atoms with van der Waals surface area (Å²) in [6.45, 7) is -0.0714. The molecule has 0 aliphatic carbocycles. The first kappa shape index (κ1) is 15.0. The number of rotatable bonds is 5. The van der Waals surface area contributed by atoms with E-state index in [2.05, 4.69) is 0 Å². The van der Waals surface area contributed by atoms with Gasteiger partial charge in [-0.1, -0.05) is 0 Å². The molecule has 0 radical (unpaired) electrons.